The summed E-state index contributed by atoms with van der Waals surface area (Å²) in [6.45, 7) is 4.50. The fourth-order valence-electron chi connectivity index (χ4n) is 2.63. The van der Waals surface area contributed by atoms with E-state index < -0.39 is 0 Å². The molecule has 0 aliphatic carbocycles. The van der Waals surface area contributed by atoms with Crippen molar-refractivity contribution in [2.45, 2.75) is 36.9 Å². The number of hydrogen-bond donors (Lipinski definition) is 0. The van der Waals surface area contributed by atoms with Crippen molar-refractivity contribution < 1.29 is 18.5 Å². The average Bonchev–Trinajstić information content (AvgIpc) is 3.35. The molecule has 0 amide bonds. The topological polar surface area (TPSA) is 70.5 Å². The Kier molecular flexibility index (Phi) is 5.86. The van der Waals surface area contributed by atoms with Crippen LogP contribution in [0.25, 0.3) is 0 Å². The van der Waals surface area contributed by atoms with Crippen molar-refractivity contribution in [2.75, 3.05) is 0 Å². The molecule has 0 atom stereocenters. The number of aromatic nitrogens is 2. The summed E-state index contributed by atoms with van der Waals surface area (Å²) in [5.41, 5.74) is 1.56. The fourth-order valence-corrected chi connectivity index (χ4v) is 3.45. The molecular weight excluding hydrogens is 388 g/mol. The Hall–Kier alpha value is -3.19. The van der Waals surface area contributed by atoms with Gasteiger partial charge in [0.2, 0.25) is 0 Å². The van der Waals surface area contributed by atoms with Crippen LogP contribution in [0.15, 0.2) is 79.5 Å². The summed E-state index contributed by atoms with van der Waals surface area (Å²) in [6.07, 6.45) is 0. The molecule has 0 N–H and O–H groups in total. The van der Waals surface area contributed by atoms with Crippen molar-refractivity contribution in [1.29, 1.82) is 0 Å². The van der Waals surface area contributed by atoms with E-state index in [1.54, 1.807) is 11.8 Å². The number of rotatable bonds is 8. The lowest BCUT2D eigenvalue weighted by atomic mass is 10.3. The minimum absolute atomic E-state index is 0.388. The molecule has 2 aromatic carbocycles. The zero-order valence-corrected chi connectivity index (χ0v) is 16.9. The molecule has 4 rings (SSSR count). The lowest BCUT2D eigenvalue weighted by molar-refractivity contribution is 0.287. The fraction of sp³-hybridized carbons (Fsp3) is 0.182. The van der Waals surface area contributed by atoms with E-state index in [1.165, 1.54) is 0 Å². The van der Waals surface area contributed by atoms with Gasteiger partial charge in [0, 0.05) is 21.9 Å². The van der Waals surface area contributed by atoms with Crippen molar-refractivity contribution in [1.82, 2.24) is 10.3 Å². The highest BCUT2D eigenvalue weighted by atomic mass is 32.2. The molecule has 148 valence electrons. The summed E-state index contributed by atoms with van der Waals surface area (Å²) in [4.78, 5) is 2.25. The SMILES string of the molecule is Cc1cc(COc2ccc(Sc3ccc(OCc4cc(C)on4)cc3)cc2)no1. The van der Waals surface area contributed by atoms with Crippen LogP contribution in [0.2, 0.25) is 0 Å². The summed E-state index contributed by atoms with van der Waals surface area (Å²) in [5, 5.41) is 7.84. The maximum atomic E-state index is 5.73. The van der Waals surface area contributed by atoms with Crippen molar-refractivity contribution in [3.63, 3.8) is 0 Å². The second-order valence-electron chi connectivity index (χ2n) is 6.48. The van der Waals surface area contributed by atoms with Gasteiger partial charge in [0.25, 0.3) is 0 Å². The van der Waals surface area contributed by atoms with Crippen LogP contribution >= 0.6 is 11.8 Å². The van der Waals surface area contributed by atoms with Gasteiger partial charge in [0.05, 0.1) is 0 Å². The standard InChI is InChI=1S/C22H20N2O4S/c1-15-11-17(23-27-15)13-25-19-3-7-21(8-4-19)29-22-9-5-20(6-10-22)26-14-18-12-16(2)28-24-18/h3-12H,13-14H2,1-2H3. The number of hydrogen-bond acceptors (Lipinski definition) is 7. The Morgan fingerprint density at radius 3 is 1.45 bits per heavy atom. The Bertz CT molecular complexity index is 969. The molecular formula is C22H20N2O4S. The molecule has 2 heterocycles. The zero-order valence-electron chi connectivity index (χ0n) is 16.1. The van der Waals surface area contributed by atoms with Crippen molar-refractivity contribution >= 4 is 11.8 Å². The van der Waals surface area contributed by atoms with Crippen LogP contribution in [0, 0.1) is 13.8 Å². The number of benzene rings is 2. The molecule has 0 bridgehead atoms. The van der Waals surface area contributed by atoms with E-state index in [2.05, 4.69) is 10.3 Å². The molecule has 0 spiro atoms. The van der Waals surface area contributed by atoms with Crippen LogP contribution in [0.5, 0.6) is 11.5 Å². The van der Waals surface area contributed by atoms with Crippen LogP contribution < -0.4 is 9.47 Å². The molecule has 0 radical (unpaired) electrons. The quantitative estimate of drug-likeness (QED) is 0.376. The number of ether oxygens (including phenoxy) is 2. The van der Waals surface area contributed by atoms with Crippen LogP contribution in [0.3, 0.4) is 0 Å². The third-order valence-corrected chi connectivity index (χ3v) is 5.03. The maximum Gasteiger partial charge on any atom is 0.134 e. The lowest BCUT2D eigenvalue weighted by Gasteiger charge is -2.07. The van der Waals surface area contributed by atoms with E-state index >= 15 is 0 Å². The van der Waals surface area contributed by atoms with Gasteiger partial charge in [0.15, 0.2) is 0 Å². The largest absolute Gasteiger partial charge is 0.487 e. The first kappa shape index (κ1) is 19.1. The monoisotopic (exact) mass is 408 g/mol. The molecule has 0 saturated heterocycles. The van der Waals surface area contributed by atoms with Gasteiger partial charge in [-0.2, -0.15) is 0 Å². The third kappa shape index (κ3) is 5.42. The summed E-state index contributed by atoms with van der Waals surface area (Å²) in [5.74, 6) is 3.14. The van der Waals surface area contributed by atoms with E-state index in [0.717, 1.165) is 44.2 Å². The smallest absolute Gasteiger partial charge is 0.134 e. The summed E-state index contributed by atoms with van der Waals surface area (Å²) < 4.78 is 21.5. The normalized spacial score (nSPS) is 10.8. The summed E-state index contributed by atoms with van der Waals surface area (Å²) >= 11 is 1.67. The molecule has 0 aliphatic heterocycles. The third-order valence-electron chi connectivity index (χ3n) is 4.01. The highest BCUT2D eigenvalue weighted by Gasteiger charge is 2.04. The van der Waals surface area contributed by atoms with Crippen LogP contribution in [0.4, 0.5) is 0 Å². The van der Waals surface area contributed by atoms with Crippen LogP contribution in [0.1, 0.15) is 22.9 Å². The molecule has 29 heavy (non-hydrogen) atoms. The zero-order chi connectivity index (χ0) is 20.1. The van der Waals surface area contributed by atoms with Gasteiger partial charge in [-0.25, -0.2) is 0 Å². The second-order valence-corrected chi connectivity index (χ2v) is 7.63. The van der Waals surface area contributed by atoms with Gasteiger partial charge >= 0.3 is 0 Å². The predicted octanol–water partition coefficient (Wildman–Crippen LogP) is 5.59. The van der Waals surface area contributed by atoms with E-state index in [9.17, 15) is 0 Å². The highest BCUT2D eigenvalue weighted by molar-refractivity contribution is 7.99. The average molecular weight is 408 g/mol. The Morgan fingerprint density at radius 1 is 0.690 bits per heavy atom. The first-order chi connectivity index (χ1) is 14.1. The first-order valence-electron chi connectivity index (χ1n) is 9.12. The highest BCUT2D eigenvalue weighted by Crippen LogP contribution is 2.30. The molecule has 4 aromatic rings. The molecule has 0 saturated carbocycles. The van der Waals surface area contributed by atoms with Gasteiger partial charge in [-0.15, -0.1) is 0 Å². The van der Waals surface area contributed by atoms with E-state index in [-0.39, 0.29) is 0 Å². The van der Waals surface area contributed by atoms with E-state index in [1.807, 2.05) is 74.5 Å². The van der Waals surface area contributed by atoms with Crippen molar-refractivity contribution in [2.24, 2.45) is 0 Å². The van der Waals surface area contributed by atoms with E-state index in [4.69, 9.17) is 18.5 Å². The van der Waals surface area contributed by atoms with E-state index in [0.29, 0.717) is 13.2 Å². The molecule has 0 aliphatic rings. The number of aryl methyl sites for hydroxylation is 2. The lowest BCUT2D eigenvalue weighted by Crippen LogP contribution is -1.95. The minimum atomic E-state index is 0.388. The summed E-state index contributed by atoms with van der Waals surface area (Å²) in [7, 11) is 0. The minimum Gasteiger partial charge on any atom is -0.487 e. The van der Waals surface area contributed by atoms with Crippen LogP contribution in [-0.2, 0) is 13.2 Å². The molecule has 0 unspecified atom stereocenters. The number of nitrogens with zero attached hydrogens (tertiary/aromatic N) is 2. The molecule has 6 nitrogen and oxygen atoms in total. The Balaban J connectivity index is 1.28. The molecule has 7 heteroatoms. The Morgan fingerprint density at radius 2 is 1.10 bits per heavy atom. The second kappa shape index (κ2) is 8.87. The molecule has 2 aromatic heterocycles. The van der Waals surface area contributed by atoms with Crippen molar-refractivity contribution in [3.8, 4) is 11.5 Å². The van der Waals surface area contributed by atoms with Crippen molar-refractivity contribution in [3.05, 3.63) is 83.6 Å². The van der Waals surface area contributed by atoms with Gasteiger partial charge in [-0.1, -0.05) is 22.1 Å². The summed E-state index contributed by atoms with van der Waals surface area (Å²) in [6, 6.07) is 19.7. The predicted molar refractivity (Wildman–Crippen MR) is 108 cm³/mol. The molecule has 0 fully saturated rings. The van der Waals surface area contributed by atoms with Crippen LogP contribution in [-0.4, -0.2) is 10.3 Å². The first-order valence-corrected chi connectivity index (χ1v) is 9.94. The van der Waals surface area contributed by atoms with Gasteiger partial charge in [0.1, 0.15) is 47.6 Å². The van der Waals surface area contributed by atoms with Gasteiger partial charge < -0.3 is 18.5 Å². The Labute approximate surface area is 172 Å². The van der Waals surface area contributed by atoms with Gasteiger partial charge in [-0.05, 0) is 62.4 Å². The van der Waals surface area contributed by atoms with Gasteiger partial charge in [-0.3, -0.25) is 0 Å². The maximum absolute atomic E-state index is 5.73.